The first kappa shape index (κ1) is 15.6. The van der Waals surface area contributed by atoms with Crippen molar-refractivity contribution in [2.45, 2.75) is 51.9 Å². The molecule has 1 fully saturated rings. The molecule has 5 nitrogen and oxygen atoms in total. The molecule has 0 radical (unpaired) electrons. The predicted molar refractivity (Wildman–Crippen MR) is 78.5 cm³/mol. The molecule has 0 amide bonds. The van der Waals surface area contributed by atoms with E-state index in [0.29, 0.717) is 24.5 Å². The van der Waals surface area contributed by atoms with Gasteiger partial charge < -0.3 is 14.5 Å². The summed E-state index contributed by atoms with van der Waals surface area (Å²) in [6, 6.07) is 0. The smallest absolute Gasteiger partial charge is 0.355 e. The summed E-state index contributed by atoms with van der Waals surface area (Å²) >= 11 is 0. The van der Waals surface area contributed by atoms with E-state index in [1.54, 1.807) is 20.0 Å². The highest BCUT2D eigenvalue weighted by Crippen LogP contribution is 2.36. The molecule has 1 saturated carbocycles. The summed E-state index contributed by atoms with van der Waals surface area (Å²) < 4.78 is 10.2. The highest BCUT2D eigenvalue weighted by atomic mass is 16.5. The zero-order valence-electron chi connectivity index (χ0n) is 12.7. The first-order chi connectivity index (χ1) is 10.2. The largest absolute Gasteiger partial charge is 0.462 e. The zero-order chi connectivity index (χ0) is 15.2. The number of hydrogen-bond acceptors (Lipinski definition) is 4. The number of carbonyl (C=O) groups is 2. The van der Waals surface area contributed by atoms with Gasteiger partial charge in [0.2, 0.25) is 0 Å². The topological polar surface area (TPSA) is 68.4 Å². The second-order valence-electron chi connectivity index (χ2n) is 5.27. The fourth-order valence-corrected chi connectivity index (χ4v) is 3.00. The molecule has 0 atom stereocenters. The lowest BCUT2D eigenvalue weighted by atomic mass is 9.82. The Bertz CT molecular complexity index is 465. The molecule has 0 spiro atoms. The number of H-pyrrole nitrogens is 1. The van der Waals surface area contributed by atoms with E-state index in [4.69, 9.17) is 9.47 Å². The van der Waals surface area contributed by atoms with Crippen molar-refractivity contribution in [1.29, 1.82) is 0 Å². The van der Waals surface area contributed by atoms with E-state index in [2.05, 4.69) is 4.98 Å². The van der Waals surface area contributed by atoms with Crippen molar-refractivity contribution < 1.29 is 19.1 Å². The van der Waals surface area contributed by atoms with E-state index >= 15 is 0 Å². The molecular formula is C16H23NO4. The van der Waals surface area contributed by atoms with Crippen molar-refractivity contribution in [1.82, 2.24) is 4.98 Å². The first-order valence-electron chi connectivity index (χ1n) is 7.74. The van der Waals surface area contributed by atoms with Crippen LogP contribution in [-0.4, -0.2) is 30.1 Å². The predicted octanol–water partition coefficient (Wildman–Crippen LogP) is 3.42. The normalized spacial score (nSPS) is 15.7. The number of nitrogens with one attached hydrogen (secondary N) is 1. The first-order valence-corrected chi connectivity index (χ1v) is 7.74. The third kappa shape index (κ3) is 3.46. The summed E-state index contributed by atoms with van der Waals surface area (Å²) in [4.78, 5) is 27.1. The van der Waals surface area contributed by atoms with E-state index < -0.39 is 5.97 Å². The van der Waals surface area contributed by atoms with Gasteiger partial charge in [0.05, 0.1) is 18.8 Å². The number of ether oxygens (including phenoxy) is 2. The van der Waals surface area contributed by atoms with Gasteiger partial charge >= 0.3 is 11.9 Å². The molecule has 1 aromatic heterocycles. The SMILES string of the molecule is CCOC(=O)c1c[nH]c(C(=O)OCC)c1C1CCCCC1. The molecule has 0 unspecified atom stereocenters. The summed E-state index contributed by atoms with van der Waals surface area (Å²) in [5, 5.41) is 0. The molecule has 1 aliphatic rings. The Morgan fingerprint density at radius 2 is 1.71 bits per heavy atom. The Kier molecular flexibility index (Phi) is 5.42. The van der Waals surface area contributed by atoms with Crippen molar-refractivity contribution in [3.8, 4) is 0 Å². The van der Waals surface area contributed by atoms with Crippen LogP contribution in [-0.2, 0) is 9.47 Å². The minimum absolute atomic E-state index is 0.226. The Labute approximate surface area is 125 Å². The van der Waals surface area contributed by atoms with Crippen LogP contribution >= 0.6 is 0 Å². The summed E-state index contributed by atoms with van der Waals surface area (Å²) in [7, 11) is 0. The number of carbonyl (C=O) groups excluding carboxylic acids is 2. The van der Waals surface area contributed by atoms with Crippen LogP contribution < -0.4 is 0 Å². The van der Waals surface area contributed by atoms with Gasteiger partial charge in [-0.05, 0) is 32.6 Å². The van der Waals surface area contributed by atoms with Gasteiger partial charge in [-0.25, -0.2) is 9.59 Å². The quantitative estimate of drug-likeness (QED) is 0.845. The average molecular weight is 293 g/mol. The maximum atomic E-state index is 12.1. The maximum Gasteiger partial charge on any atom is 0.355 e. The van der Waals surface area contributed by atoms with Crippen molar-refractivity contribution >= 4 is 11.9 Å². The van der Waals surface area contributed by atoms with E-state index in [1.165, 1.54) is 6.42 Å². The number of aromatic nitrogens is 1. The van der Waals surface area contributed by atoms with Gasteiger partial charge in [-0.2, -0.15) is 0 Å². The fraction of sp³-hybridized carbons (Fsp3) is 0.625. The minimum Gasteiger partial charge on any atom is -0.462 e. The molecule has 5 heteroatoms. The number of hydrogen-bond donors (Lipinski definition) is 1. The molecule has 0 saturated heterocycles. The van der Waals surface area contributed by atoms with E-state index in [1.807, 2.05) is 0 Å². The van der Waals surface area contributed by atoms with Gasteiger partial charge in [0.15, 0.2) is 0 Å². The van der Waals surface area contributed by atoms with Crippen LogP contribution in [0.25, 0.3) is 0 Å². The Hall–Kier alpha value is -1.78. The van der Waals surface area contributed by atoms with Gasteiger partial charge in [-0.15, -0.1) is 0 Å². The average Bonchev–Trinajstić information content (AvgIpc) is 2.93. The van der Waals surface area contributed by atoms with Crippen molar-refractivity contribution in [2.75, 3.05) is 13.2 Å². The van der Waals surface area contributed by atoms with Crippen molar-refractivity contribution in [2.24, 2.45) is 0 Å². The molecule has 0 aromatic carbocycles. The van der Waals surface area contributed by atoms with Gasteiger partial charge in [0.25, 0.3) is 0 Å². The van der Waals surface area contributed by atoms with E-state index in [0.717, 1.165) is 31.2 Å². The standard InChI is InChI=1S/C16H23NO4/c1-3-20-15(18)12-10-17-14(16(19)21-4-2)13(12)11-8-6-5-7-9-11/h10-11,17H,3-9H2,1-2H3. The second-order valence-corrected chi connectivity index (χ2v) is 5.27. The molecule has 0 aliphatic heterocycles. The lowest BCUT2D eigenvalue weighted by molar-refractivity contribution is 0.0517. The van der Waals surface area contributed by atoms with Crippen LogP contribution in [0.3, 0.4) is 0 Å². The lowest BCUT2D eigenvalue weighted by Gasteiger charge is -2.23. The highest BCUT2D eigenvalue weighted by molar-refractivity contribution is 5.97. The van der Waals surface area contributed by atoms with Crippen LogP contribution in [0.15, 0.2) is 6.20 Å². The van der Waals surface area contributed by atoms with E-state index in [9.17, 15) is 9.59 Å². The molecule has 1 aromatic rings. The van der Waals surface area contributed by atoms with Crippen LogP contribution in [0.5, 0.6) is 0 Å². The minimum atomic E-state index is -0.395. The van der Waals surface area contributed by atoms with E-state index in [-0.39, 0.29) is 11.9 Å². The van der Waals surface area contributed by atoms with Crippen LogP contribution in [0, 0.1) is 0 Å². The number of rotatable bonds is 5. The third-order valence-corrected chi connectivity index (χ3v) is 3.91. The van der Waals surface area contributed by atoms with Crippen LogP contribution in [0.4, 0.5) is 0 Å². The van der Waals surface area contributed by atoms with Gasteiger partial charge in [-0.1, -0.05) is 19.3 Å². The Morgan fingerprint density at radius 3 is 2.33 bits per heavy atom. The summed E-state index contributed by atoms with van der Waals surface area (Å²) in [6.45, 7) is 4.18. The monoisotopic (exact) mass is 293 g/mol. The molecule has 2 rings (SSSR count). The molecule has 0 bridgehead atoms. The maximum absolute atomic E-state index is 12.1. The Balaban J connectivity index is 2.36. The van der Waals surface area contributed by atoms with Gasteiger partial charge in [-0.3, -0.25) is 0 Å². The molecule has 21 heavy (non-hydrogen) atoms. The van der Waals surface area contributed by atoms with Gasteiger partial charge in [0.1, 0.15) is 5.69 Å². The number of esters is 2. The van der Waals surface area contributed by atoms with Gasteiger partial charge in [0, 0.05) is 11.8 Å². The Morgan fingerprint density at radius 1 is 1.10 bits per heavy atom. The molecule has 1 N–H and O–H groups in total. The summed E-state index contributed by atoms with van der Waals surface area (Å²) in [6.07, 6.45) is 7.03. The van der Waals surface area contributed by atoms with Crippen LogP contribution in [0.2, 0.25) is 0 Å². The third-order valence-electron chi connectivity index (χ3n) is 3.91. The summed E-state index contributed by atoms with van der Waals surface area (Å²) in [5.74, 6) is -0.540. The van der Waals surface area contributed by atoms with Crippen LogP contribution in [0.1, 0.15) is 78.3 Å². The second kappa shape index (κ2) is 7.29. The number of aromatic amines is 1. The fourth-order valence-electron chi connectivity index (χ4n) is 3.00. The highest BCUT2D eigenvalue weighted by Gasteiger charge is 2.29. The molecule has 1 aliphatic carbocycles. The van der Waals surface area contributed by atoms with Crippen molar-refractivity contribution in [3.63, 3.8) is 0 Å². The lowest BCUT2D eigenvalue weighted by Crippen LogP contribution is -2.16. The zero-order valence-corrected chi connectivity index (χ0v) is 12.7. The molecule has 1 heterocycles. The summed E-state index contributed by atoms with van der Waals surface area (Å²) in [5.41, 5.74) is 1.67. The molecule has 116 valence electrons. The molecular weight excluding hydrogens is 270 g/mol. The van der Waals surface area contributed by atoms with Crippen molar-refractivity contribution in [3.05, 3.63) is 23.0 Å².